The number of anilines is 1. The highest BCUT2D eigenvalue weighted by atomic mass is 32.2. The molecule has 1 aromatic carbocycles. The number of nitrogens with zero attached hydrogens (tertiary/aromatic N) is 4. The van der Waals surface area contributed by atoms with Gasteiger partial charge in [0.15, 0.2) is 9.84 Å². The predicted molar refractivity (Wildman–Crippen MR) is 123 cm³/mol. The molecule has 10 heteroatoms. The predicted octanol–water partition coefficient (Wildman–Crippen LogP) is 3.81. The van der Waals surface area contributed by atoms with E-state index < -0.39 is 9.84 Å². The summed E-state index contributed by atoms with van der Waals surface area (Å²) in [5.41, 5.74) is 2.97. The summed E-state index contributed by atoms with van der Waals surface area (Å²) in [5, 5.41) is 7.48. The Morgan fingerprint density at radius 2 is 1.97 bits per heavy atom. The lowest BCUT2D eigenvalue weighted by atomic mass is 10.0. The third kappa shape index (κ3) is 4.90. The molecule has 1 aliphatic heterocycles. The lowest BCUT2D eigenvalue weighted by molar-refractivity contribution is 0.241. The summed E-state index contributed by atoms with van der Waals surface area (Å²) in [6, 6.07) is 6.97. The van der Waals surface area contributed by atoms with Gasteiger partial charge in [0.1, 0.15) is 5.82 Å². The van der Waals surface area contributed by atoms with Crippen LogP contribution in [-0.4, -0.2) is 42.0 Å². The number of halogens is 1. The molecule has 0 unspecified atom stereocenters. The van der Waals surface area contributed by atoms with Crippen LogP contribution in [0.2, 0.25) is 0 Å². The molecule has 0 fully saturated rings. The van der Waals surface area contributed by atoms with E-state index in [1.54, 1.807) is 40.2 Å². The number of hydrogen-bond acceptors (Lipinski definition) is 5. The second-order valence-corrected chi connectivity index (χ2v) is 10.2. The van der Waals surface area contributed by atoms with Crippen LogP contribution in [0.3, 0.4) is 0 Å². The number of carbonyl (C=O) groups excluding carboxylic acids is 1. The fourth-order valence-corrected chi connectivity index (χ4v) is 4.63. The largest absolute Gasteiger partial charge is 0.331 e. The van der Waals surface area contributed by atoms with Gasteiger partial charge in [-0.2, -0.15) is 5.10 Å². The number of fused-ring (bicyclic) bond motifs is 1. The molecule has 0 radical (unpaired) electrons. The van der Waals surface area contributed by atoms with E-state index in [4.69, 9.17) is 0 Å². The Kier molecular flexibility index (Phi) is 6.46. The Morgan fingerprint density at radius 1 is 1.21 bits per heavy atom. The van der Waals surface area contributed by atoms with Gasteiger partial charge >= 0.3 is 6.03 Å². The quantitative estimate of drug-likeness (QED) is 0.590. The number of rotatable bonds is 6. The number of hydrogen-bond donors (Lipinski definition) is 1. The summed E-state index contributed by atoms with van der Waals surface area (Å²) in [4.78, 5) is 19.1. The van der Waals surface area contributed by atoms with Gasteiger partial charge in [0.05, 0.1) is 34.2 Å². The first-order valence-electron chi connectivity index (χ1n) is 10.8. The van der Waals surface area contributed by atoms with E-state index >= 15 is 0 Å². The minimum Gasteiger partial charge on any atom is -0.331 e. The zero-order valence-electron chi connectivity index (χ0n) is 18.5. The van der Waals surface area contributed by atoms with Gasteiger partial charge in [0.2, 0.25) is 0 Å². The van der Waals surface area contributed by atoms with E-state index in [2.05, 4.69) is 15.4 Å². The minimum absolute atomic E-state index is 0.121. The summed E-state index contributed by atoms with van der Waals surface area (Å²) in [5.74, 6) is -0.322. The molecule has 33 heavy (non-hydrogen) atoms. The van der Waals surface area contributed by atoms with Crippen LogP contribution in [0.15, 0.2) is 53.8 Å². The van der Waals surface area contributed by atoms with E-state index in [1.807, 2.05) is 6.92 Å². The van der Waals surface area contributed by atoms with Gasteiger partial charge < -0.3 is 5.32 Å². The van der Waals surface area contributed by atoms with Gasteiger partial charge in [-0.05, 0) is 55.2 Å². The van der Waals surface area contributed by atoms with Crippen molar-refractivity contribution in [2.75, 3.05) is 17.7 Å². The standard InChI is InChI=1S/C23H26FN5O3S/c1-3-5-20(16-12-19(14-25-13-16)33(2,31)32)27-23(30)28-11-4-6-21-22(28)15-26-29(21)18-9-7-17(24)8-10-18/h7-10,12-15,20H,3-6,11H2,1-2H3,(H,27,30)/t20-/m0/s1. The molecule has 2 aromatic heterocycles. The fraction of sp³-hybridized carbons (Fsp3) is 0.348. The number of urea groups is 1. The number of benzene rings is 1. The van der Waals surface area contributed by atoms with Gasteiger partial charge in [-0.15, -0.1) is 0 Å². The Bertz CT molecular complexity index is 1260. The summed E-state index contributed by atoms with van der Waals surface area (Å²) >= 11 is 0. The Hall–Kier alpha value is -3.27. The molecule has 2 amide bonds. The first-order valence-corrected chi connectivity index (χ1v) is 12.7. The van der Waals surface area contributed by atoms with Gasteiger partial charge in [-0.1, -0.05) is 13.3 Å². The summed E-state index contributed by atoms with van der Waals surface area (Å²) < 4.78 is 38.9. The first kappa shape index (κ1) is 22.9. The zero-order valence-corrected chi connectivity index (χ0v) is 19.3. The number of aromatic nitrogens is 3. The van der Waals surface area contributed by atoms with E-state index in [1.165, 1.54) is 18.3 Å². The summed E-state index contributed by atoms with van der Waals surface area (Å²) in [6.07, 6.45) is 8.62. The van der Waals surface area contributed by atoms with Crippen molar-refractivity contribution in [3.05, 3.63) is 66.0 Å². The third-order valence-corrected chi connectivity index (χ3v) is 6.77. The molecule has 3 aromatic rings. The Morgan fingerprint density at radius 3 is 2.67 bits per heavy atom. The van der Waals surface area contributed by atoms with E-state index in [0.717, 1.165) is 36.9 Å². The van der Waals surface area contributed by atoms with Crippen molar-refractivity contribution in [3.8, 4) is 5.69 Å². The highest BCUT2D eigenvalue weighted by Gasteiger charge is 2.28. The van der Waals surface area contributed by atoms with Crippen molar-refractivity contribution >= 4 is 21.6 Å². The molecular weight excluding hydrogens is 445 g/mol. The molecule has 174 valence electrons. The zero-order chi connectivity index (χ0) is 23.6. The van der Waals surface area contributed by atoms with E-state index in [9.17, 15) is 17.6 Å². The maximum absolute atomic E-state index is 13.3. The van der Waals surface area contributed by atoms with Crippen LogP contribution in [-0.2, 0) is 16.3 Å². The molecule has 0 bridgehead atoms. The molecule has 0 saturated carbocycles. The van der Waals surface area contributed by atoms with Crippen molar-refractivity contribution in [2.45, 2.75) is 43.5 Å². The maximum atomic E-state index is 13.3. The fourth-order valence-electron chi connectivity index (χ4n) is 4.03. The van der Waals surface area contributed by atoms with Crippen LogP contribution in [0, 0.1) is 5.82 Å². The number of carbonyl (C=O) groups is 1. The number of pyridine rings is 1. The average molecular weight is 472 g/mol. The topological polar surface area (TPSA) is 97.2 Å². The highest BCUT2D eigenvalue weighted by Crippen LogP contribution is 2.30. The van der Waals surface area contributed by atoms with E-state index in [-0.39, 0.29) is 22.8 Å². The van der Waals surface area contributed by atoms with Crippen molar-refractivity contribution in [2.24, 2.45) is 0 Å². The first-order chi connectivity index (χ1) is 15.8. The lowest BCUT2D eigenvalue weighted by Gasteiger charge is -2.29. The van der Waals surface area contributed by atoms with Crippen LogP contribution in [0.4, 0.5) is 14.9 Å². The summed E-state index contributed by atoms with van der Waals surface area (Å²) in [6.45, 7) is 2.53. The average Bonchev–Trinajstić information content (AvgIpc) is 3.23. The van der Waals surface area contributed by atoms with Crippen molar-refractivity contribution < 1.29 is 17.6 Å². The Balaban J connectivity index is 1.59. The van der Waals surface area contributed by atoms with Crippen LogP contribution < -0.4 is 10.2 Å². The van der Waals surface area contributed by atoms with Gasteiger partial charge in [-0.3, -0.25) is 9.88 Å². The highest BCUT2D eigenvalue weighted by molar-refractivity contribution is 7.90. The molecule has 1 atom stereocenters. The second-order valence-electron chi connectivity index (χ2n) is 8.14. The Labute approximate surface area is 192 Å². The summed E-state index contributed by atoms with van der Waals surface area (Å²) in [7, 11) is -3.41. The number of amides is 2. The van der Waals surface area contributed by atoms with Crippen LogP contribution in [0.5, 0.6) is 0 Å². The van der Waals surface area contributed by atoms with E-state index in [0.29, 0.717) is 24.2 Å². The van der Waals surface area contributed by atoms with Gasteiger partial charge in [0.25, 0.3) is 0 Å². The molecule has 0 saturated heterocycles. The minimum atomic E-state index is -3.41. The second kappa shape index (κ2) is 9.30. The van der Waals surface area contributed by atoms with Gasteiger partial charge in [0, 0.05) is 25.2 Å². The number of sulfone groups is 1. The van der Waals surface area contributed by atoms with Crippen LogP contribution >= 0.6 is 0 Å². The molecule has 0 aliphatic carbocycles. The number of nitrogens with one attached hydrogen (secondary N) is 1. The molecule has 4 rings (SSSR count). The molecule has 3 heterocycles. The smallest absolute Gasteiger partial charge is 0.322 e. The lowest BCUT2D eigenvalue weighted by Crippen LogP contribution is -2.44. The molecular formula is C23H26FN5O3S. The van der Waals surface area contributed by atoms with Crippen LogP contribution in [0.25, 0.3) is 5.69 Å². The van der Waals surface area contributed by atoms with Crippen molar-refractivity contribution in [3.63, 3.8) is 0 Å². The third-order valence-electron chi connectivity index (χ3n) is 5.69. The monoisotopic (exact) mass is 471 g/mol. The van der Waals surface area contributed by atoms with Crippen LogP contribution in [0.1, 0.15) is 43.5 Å². The molecule has 1 N–H and O–H groups in total. The molecule has 1 aliphatic rings. The molecule has 8 nitrogen and oxygen atoms in total. The maximum Gasteiger partial charge on any atom is 0.322 e. The molecule has 0 spiro atoms. The van der Waals surface area contributed by atoms with Crippen molar-refractivity contribution in [1.29, 1.82) is 0 Å². The SMILES string of the molecule is CCC[C@H](NC(=O)N1CCCc2c1cnn2-c1ccc(F)cc1)c1cncc(S(C)(=O)=O)c1. The van der Waals surface area contributed by atoms with Gasteiger partial charge in [-0.25, -0.2) is 22.3 Å². The van der Waals surface area contributed by atoms with Crippen molar-refractivity contribution in [1.82, 2.24) is 20.1 Å². The normalized spacial score (nSPS) is 14.6.